The molecule has 0 saturated carbocycles. The van der Waals surface area contributed by atoms with E-state index in [0.29, 0.717) is 17.1 Å². The lowest BCUT2D eigenvalue weighted by Gasteiger charge is -2.01. The number of carbonyl (C=O) groups excluding carboxylic acids is 1. The lowest BCUT2D eigenvalue weighted by Crippen LogP contribution is -2.21. The third kappa shape index (κ3) is 3.10. The van der Waals surface area contributed by atoms with E-state index in [9.17, 15) is 9.59 Å². The first-order valence-corrected chi connectivity index (χ1v) is 7.20. The largest absolute Gasteiger partial charge is 0.478 e. The van der Waals surface area contributed by atoms with Gasteiger partial charge in [-0.1, -0.05) is 17.7 Å². The van der Waals surface area contributed by atoms with Gasteiger partial charge >= 0.3 is 5.97 Å². The molecule has 1 aromatic heterocycles. The van der Waals surface area contributed by atoms with Gasteiger partial charge in [0.05, 0.1) is 10.6 Å². The molecule has 1 aliphatic heterocycles. The van der Waals surface area contributed by atoms with Crippen molar-refractivity contribution in [2.24, 2.45) is 0 Å². The van der Waals surface area contributed by atoms with Gasteiger partial charge in [-0.3, -0.25) is 10.1 Å². The van der Waals surface area contributed by atoms with Gasteiger partial charge in [-0.2, -0.15) is 0 Å². The molecule has 1 saturated heterocycles. The second-order valence-corrected chi connectivity index (χ2v) is 5.48. The van der Waals surface area contributed by atoms with E-state index >= 15 is 0 Å². The Morgan fingerprint density at radius 1 is 1.26 bits per heavy atom. The maximum absolute atomic E-state index is 11.6. The van der Waals surface area contributed by atoms with Gasteiger partial charge in [-0.15, -0.1) is 0 Å². The molecule has 0 radical (unpaired) electrons. The maximum atomic E-state index is 11.6. The standard InChI is InChI=1S/C15H9ClN2O4S/c16-10-5-7(1-3-9(10)14(20)21)12-4-2-8(22-12)6-11-13(19)18-15(23)17-11/h1-6H,(H,20,21)(H2,17,18,19,23). The number of carboxylic acids is 1. The van der Waals surface area contributed by atoms with Gasteiger partial charge in [0.1, 0.15) is 17.2 Å². The Labute approximate surface area is 140 Å². The van der Waals surface area contributed by atoms with Crippen LogP contribution in [0.1, 0.15) is 16.1 Å². The van der Waals surface area contributed by atoms with Crippen LogP contribution in [0.15, 0.2) is 40.4 Å². The number of carbonyl (C=O) groups is 2. The molecule has 0 unspecified atom stereocenters. The Morgan fingerprint density at radius 3 is 2.65 bits per heavy atom. The number of thiocarbonyl (C=S) groups is 1. The number of rotatable bonds is 3. The summed E-state index contributed by atoms with van der Waals surface area (Å²) in [5.41, 5.74) is 0.934. The number of carboxylic acid groups (broad SMARTS) is 1. The van der Waals surface area contributed by atoms with Crippen LogP contribution in [-0.2, 0) is 4.79 Å². The molecule has 6 nitrogen and oxygen atoms in total. The molecule has 1 aliphatic rings. The summed E-state index contributed by atoms with van der Waals surface area (Å²) in [6.45, 7) is 0. The fourth-order valence-electron chi connectivity index (χ4n) is 2.05. The van der Waals surface area contributed by atoms with Crippen molar-refractivity contribution in [3.05, 3.63) is 52.4 Å². The molecule has 0 bridgehead atoms. The molecular formula is C15H9ClN2O4S. The number of nitrogens with one attached hydrogen (secondary N) is 2. The van der Waals surface area contributed by atoms with E-state index in [1.165, 1.54) is 18.2 Å². The minimum absolute atomic E-state index is 0.0182. The lowest BCUT2D eigenvalue weighted by atomic mass is 10.1. The van der Waals surface area contributed by atoms with Crippen LogP contribution in [-0.4, -0.2) is 22.1 Å². The Balaban J connectivity index is 1.89. The Morgan fingerprint density at radius 2 is 2.04 bits per heavy atom. The Bertz CT molecular complexity index is 872. The fraction of sp³-hybridized carbons (Fsp3) is 0. The van der Waals surface area contributed by atoms with Gasteiger partial charge in [-0.25, -0.2) is 4.79 Å². The van der Waals surface area contributed by atoms with Gasteiger partial charge in [0.25, 0.3) is 5.91 Å². The van der Waals surface area contributed by atoms with E-state index in [1.54, 1.807) is 18.2 Å². The second-order valence-electron chi connectivity index (χ2n) is 4.67. The predicted molar refractivity (Wildman–Crippen MR) is 88.0 cm³/mol. The van der Waals surface area contributed by atoms with Crippen LogP contribution in [0.2, 0.25) is 5.02 Å². The molecule has 23 heavy (non-hydrogen) atoms. The zero-order chi connectivity index (χ0) is 16.6. The van der Waals surface area contributed by atoms with Crippen molar-refractivity contribution in [2.45, 2.75) is 0 Å². The van der Waals surface area contributed by atoms with E-state index < -0.39 is 5.97 Å². The van der Waals surface area contributed by atoms with Gasteiger partial charge in [0, 0.05) is 11.6 Å². The highest BCUT2D eigenvalue weighted by Crippen LogP contribution is 2.28. The summed E-state index contributed by atoms with van der Waals surface area (Å²) in [6.07, 6.45) is 1.52. The summed E-state index contributed by atoms with van der Waals surface area (Å²) in [5, 5.41) is 14.5. The van der Waals surface area contributed by atoms with Gasteiger partial charge in [0.2, 0.25) is 0 Å². The molecule has 1 fully saturated rings. The van der Waals surface area contributed by atoms with Crippen LogP contribution in [0.25, 0.3) is 17.4 Å². The molecule has 2 aromatic rings. The van der Waals surface area contributed by atoms with Crippen LogP contribution < -0.4 is 10.6 Å². The van der Waals surface area contributed by atoms with Gasteiger partial charge in [0.15, 0.2) is 5.11 Å². The summed E-state index contributed by atoms with van der Waals surface area (Å²) in [4.78, 5) is 22.5. The monoisotopic (exact) mass is 348 g/mol. The maximum Gasteiger partial charge on any atom is 0.337 e. The van der Waals surface area contributed by atoms with Crippen LogP contribution in [0.5, 0.6) is 0 Å². The number of halogens is 1. The molecule has 3 rings (SSSR count). The molecule has 1 amide bonds. The third-order valence-corrected chi connectivity index (χ3v) is 3.63. The molecule has 0 aliphatic carbocycles. The molecular weight excluding hydrogens is 340 g/mol. The molecule has 1 aromatic carbocycles. The fourth-order valence-corrected chi connectivity index (χ4v) is 2.52. The van der Waals surface area contributed by atoms with Crippen molar-refractivity contribution in [2.75, 3.05) is 0 Å². The van der Waals surface area contributed by atoms with Crippen molar-refractivity contribution in [1.82, 2.24) is 10.6 Å². The van der Waals surface area contributed by atoms with E-state index in [2.05, 4.69) is 10.6 Å². The first-order chi connectivity index (χ1) is 10.9. The van der Waals surface area contributed by atoms with Crippen molar-refractivity contribution in [3.63, 3.8) is 0 Å². The highest BCUT2D eigenvalue weighted by atomic mass is 35.5. The number of aromatic carboxylic acids is 1. The van der Waals surface area contributed by atoms with Crippen molar-refractivity contribution in [1.29, 1.82) is 0 Å². The predicted octanol–water partition coefficient (Wildman–Crippen LogP) is 2.64. The van der Waals surface area contributed by atoms with Crippen molar-refractivity contribution >= 4 is 46.9 Å². The SMILES string of the molecule is O=C1NC(=S)NC1=Cc1ccc(-c2ccc(C(=O)O)c(Cl)c2)o1. The normalized spacial score (nSPS) is 15.6. The number of hydrogen-bond donors (Lipinski definition) is 3. The number of amides is 1. The lowest BCUT2D eigenvalue weighted by molar-refractivity contribution is -0.115. The van der Waals surface area contributed by atoms with Crippen molar-refractivity contribution < 1.29 is 19.1 Å². The smallest absolute Gasteiger partial charge is 0.337 e. The summed E-state index contributed by atoms with van der Waals surface area (Å²) in [5.74, 6) is -0.486. The van der Waals surface area contributed by atoms with E-state index in [4.69, 9.17) is 33.3 Å². The second kappa shape index (κ2) is 5.86. The molecule has 8 heteroatoms. The third-order valence-electron chi connectivity index (χ3n) is 3.12. The molecule has 0 spiro atoms. The molecule has 3 N–H and O–H groups in total. The first kappa shape index (κ1) is 15.3. The van der Waals surface area contributed by atoms with Gasteiger partial charge < -0.3 is 14.8 Å². The molecule has 116 valence electrons. The van der Waals surface area contributed by atoms with Crippen LogP contribution in [0.3, 0.4) is 0 Å². The highest BCUT2D eigenvalue weighted by Gasteiger charge is 2.20. The summed E-state index contributed by atoms with van der Waals surface area (Å²) in [7, 11) is 0. The zero-order valence-corrected chi connectivity index (χ0v) is 13.0. The zero-order valence-electron chi connectivity index (χ0n) is 11.4. The topological polar surface area (TPSA) is 91.6 Å². The highest BCUT2D eigenvalue weighted by molar-refractivity contribution is 7.80. The quantitative estimate of drug-likeness (QED) is 0.583. The van der Waals surface area contributed by atoms with E-state index in [1.807, 2.05) is 0 Å². The van der Waals surface area contributed by atoms with Crippen LogP contribution in [0.4, 0.5) is 0 Å². The Hall–Kier alpha value is -2.64. The first-order valence-electron chi connectivity index (χ1n) is 6.41. The van der Waals surface area contributed by atoms with Crippen LogP contribution in [0, 0.1) is 0 Å². The number of furan rings is 1. The van der Waals surface area contributed by atoms with E-state index in [-0.39, 0.29) is 27.3 Å². The summed E-state index contributed by atoms with van der Waals surface area (Å²) in [6, 6.07) is 7.89. The molecule has 2 heterocycles. The van der Waals surface area contributed by atoms with E-state index in [0.717, 1.165) is 0 Å². The Kier molecular flexibility index (Phi) is 3.89. The summed E-state index contributed by atoms with van der Waals surface area (Å²) >= 11 is 10.8. The van der Waals surface area contributed by atoms with Crippen LogP contribution >= 0.6 is 23.8 Å². The minimum Gasteiger partial charge on any atom is -0.478 e. The van der Waals surface area contributed by atoms with Crippen molar-refractivity contribution in [3.8, 4) is 11.3 Å². The number of benzene rings is 1. The minimum atomic E-state index is -1.10. The summed E-state index contributed by atoms with van der Waals surface area (Å²) < 4.78 is 5.62. The van der Waals surface area contributed by atoms with Gasteiger partial charge in [-0.05, 0) is 36.5 Å². The average Bonchev–Trinajstić information content (AvgIpc) is 3.06. The molecule has 0 atom stereocenters. The average molecular weight is 349 g/mol. The number of hydrogen-bond acceptors (Lipinski definition) is 4.